The van der Waals surface area contributed by atoms with Crippen LogP contribution in [-0.2, 0) is 17.1 Å². The Kier molecular flexibility index (Phi) is 8.66. The average molecular weight is 402 g/mol. The fourth-order valence-corrected chi connectivity index (χ4v) is 3.46. The van der Waals surface area contributed by atoms with Crippen molar-refractivity contribution < 1.29 is 4.79 Å². The highest BCUT2D eigenvalue weighted by Crippen LogP contribution is 2.16. The third-order valence-electron chi connectivity index (χ3n) is 4.03. The number of carbonyl (C=O) groups excluding carboxylic acids is 1. The number of rotatable bonds is 9. The molecule has 0 saturated carbocycles. The van der Waals surface area contributed by atoms with Gasteiger partial charge in [-0.3, -0.25) is 4.79 Å². The Bertz CT molecular complexity index is 770. The number of benzene rings is 2. The number of halogens is 1. The first-order valence-electron chi connectivity index (χ1n) is 8.71. The fraction of sp³-hybridized carbons (Fsp3) is 0.333. The Morgan fingerprint density at radius 3 is 2.26 bits per heavy atom. The van der Waals surface area contributed by atoms with Crippen molar-refractivity contribution in [3.8, 4) is 6.07 Å². The zero-order valence-electron chi connectivity index (χ0n) is 15.7. The Balaban J connectivity index is 1.91. The summed E-state index contributed by atoms with van der Waals surface area (Å²) >= 11 is 7.55. The molecular weight excluding hydrogens is 378 g/mol. The minimum atomic E-state index is 0.130. The van der Waals surface area contributed by atoms with Crippen LogP contribution in [0.5, 0.6) is 0 Å². The zero-order valence-corrected chi connectivity index (χ0v) is 17.3. The molecule has 0 atom stereocenters. The molecule has 6 heteroatoms. The minimum absolute atomic E-state index is 0.130. The molecule has 0 saturated heterocycles. The molecule has 0 radical (unpaired) electrons. The zero-order chi connectivity index (χ0) is 19.6. The molecular formula is C21H24ClN3OS. The van der Waals surface area contributed by atoms with Crippen molar-refractivity contribution >= 4 is 29.3 Å². The number of nitrogens with zero attached hydrogens (tertiary/aromatic N) is 3. The predicted molar refractivity (Wildman–Crippen MR) is 113 cm³/mol. The molecule has 2 rings (SSSR count). The lowest BCUT2D eigenvalue weighted by Crippen LogP contribution is -2.37. The monoisotopic (exact) mass is 401 g/mol. The van der Waals surface area contributed by atoms with Crippen LogP contribution in [-0.4, -0.2) is 48.6 Å². The van der Waals surface area contributed by atoms with E-state index in [1.54, 1.807) is 11.8 Å². The average Bonchev–Trinajstić information content (AvgIpc) is 2.67. The quantitative estimate of drug-likeness (QED) is 0.636. The summed E-state index contributed by atoms with van der Waals surface area (Å²) in [4.78, 5) is 16.7. The largest absolute Gasteiger partial charge is 0.336 e. The van der Waals surface area contributed by atoms with E-state index in [1.165, 1.54) is 0 Å². The summed E-state index contributed by atoms with van der Waals surface area (Å²) in [5.74, 6) is 1.31. The second kappa shape index (κ2) is 11.0. The third kappa shape index (κ3) is 7.64. The topological polar surface area (TPSA) is 47.3 Å². The van der Waals surface area contributed by atoms with E-state index in [2.05, 4.69) is 11.0 Å². The Hall–Kier alpha value is -2.00. The summed E-state index contributed by atoms with van der Waals surface area (Å²) in [5, 5.41) is 9.55. The van der Waals surface area contributed by atoms with E-state index in [4.69, 9.17) is 16.9 Å². The van der Waals surface area contributed by atoms with Gasteiger partial charge in [0, 0.05) is 30.4 Å². The van der Waals surface area contributed by atoms with E-state index in [1.807, 2.05) is 67.5 Å². The molecule has 0 aliphatic carbocycles. The maximum atomic E-state index is 12.7. The summed E-state index contributed by atoms with van der Waals surface area (Å²) in [5.41, 5.74) is 2.84. The van der Waals surface area contributed by atoms with Crippen molar-refractivity contribution in [2.45, 2.75) is 12.3 Å². The molecule has 0 heterocycles. The standard InChI is InChI=1S/C21H24ClN3OS/c1-24(2)11-12-25(14-18-7-9-20(22)10-8-18)21(26)16-27-15-19-5-3-17(13-23)4-6-19/h3-10H,11-12,14-16H2,1-2H3. The smallest absolute Gasteiger partial charge is 0.232 e. The maximum Gasteiger partial charge on any atom is 0.232 e. The van der Waals surface area contributed by atoms with Gasteiger partial charge >= 0.3 is 0 Å². The lowest BCUT2D eigenvalue weighted by atomic mass is 10.2. The highest BCUT2D eigenvalue weighted by Gasteiger charge is 2.14. The van der Waals surface area contributed by atoms with E-state index in [-0.39, 0.29) is 5.91 Å². The van der Waals surface area contributed by atoms with Crippen molar-refractivity contribution in [3.63, 3.8) is 0 Å². The number of carbonyl (C=O) groups is 1. The first kappa shape index (κ1) is 21.3. The summed E-state index contributed by atoms with van der Waals surface area (Å²) in [6.45, 7) is 2.09. The van der Waals surface area contributed by atoms with Crippen LogP contribution in [0.2, 0.25) is 5.02 Å². The van der Waals surface area contributed by atoms with E-state index in [0.29, 0.717) is 29.4 Å². The second-order valence-corrected chi connectivity index (χ2v) is 7.97. The van der Waals surface area contributed by atoms with E-state index < -0.39 is 0 Å². The third-order valence-corrected chi connectivity index (χ3v) is 5.27. The number of nitriles is 1. The Morgan fingerprint density at radius 2 is 1.67 bits per heavy atom. The molecule has 0 N–H and O–H groups in total. The Morgan fingerprint density at radius 1 is 1.04 bits per heavy atom. The van der Waals surface area contributed by atoms with Crippen LogP contribution in [0.15, 0.2) is 48.5 Å². The van der Waals surface area contributed by atoms with E-state index in [9.17, 15) is 4.79 Å². The van der Waals surface area contributed by atoms with Crippen molar-refractivity contribution in [2.24, 2.45) is 0 Å². The minimum Gasteiger partial charge on any atom is -0.336 e. The molecule has 0 aliphatic heterocycles. The van der Waals surface area contributed by atoms with Crippen LogP contribution >= 0.6 is 23.4 Å². The molecule has 0 fully saturated rings. The normalized spacial score (nSPS) is 10.6. The van der Waals surface area contributed by atoms with Gasteiger partial charge in [-0.25, -0.2) is 0 Å². The molecule has 0 bridgehead atoms. The number of thioether (sulfide) groups is 1. The molecule has 0 spiro atoms. The first-order valence-corrected chi connectivity index (χ1v) is 10.2. The SMILES string of the molecule is CN(C)CCN(Cc1ccc(Cl)cc1)C(=O)CSCc1ccc(C#N)cc1. The van der Waals surface area contributed by atoms with Crippen LogP contribution in [0.25, 0.3) is 0 Å². The first-order chi connectivity index (χ1) is 13.0. The Labute approximate surface area is 170 Å². The van der Waals surface area contributed by atoms with Gasteiger partial charge in [0.1, 0.15) is 0 Å². The molecule has 0 aromatic heterocycles. The molecule has 2 aromatic rings. The van der Waals surface area contributed by atoms with Crippen LogP contribution in [0.3, 0.4) is 0 Å². The van der Waals surface area contributed by atoms with Crippen LogP contribution in [0, 0.1) is 11.3 Å². The number of hydrogen-bond donors (Lipinski definition) is 0. The fourth-order valence-electron chi connectivity index (χ4n) is 2.45. The summed E-state index contributed by atoms with van der Waals surface area (Å²) < 4.78 is 0. The van der Waals surface area contributed by atoms with Gasteiger partial charge in [-0.1, -0.05) is 35.9 Å². The summed E-state index contributed by atoms with van der Waals surface area (Å²) in [6.07, 6.45) is 0. The molecule has 27 heavy (non-hydrogen) atoms. The van der Waals surface area contributed by atoms with Crippen LogP contribution in [0.1, 0.15) is 16.7 Å². The number of hydrogen-bond acceptors (Lipinski definition) is 4. The van der Waals surface area contributed by atoms with Gasteiger partial charge in [-0.2, -0.15) is 5.26 Å². The maximum absolute atomic E-state index is 12.7. The molecule has 142 valence electrons. The predicted octanol–water partition coefficient (Wildman–Crippen LogP) is 4.04. The van der Waals surface area contributed by atoms with Crippen molar-refractivity contribution in [1.82, 2.24) is 9.80 Å². The van der Waals surface area contributed by atoms with Crippen LogP contribution in [0.4, 0.5) is 0 Å². The van der Waals surface area contributed by atoms with Gasteiger partial charge in [-0.05, 0) is 49.5 Å². The van der Waals surface area contributed by atoms with Gasteiger partial charge in [0.25, 0.3) is 0 Å². The van der Waals surface area contributed by atoms with Gasteiger partial charge < -0.3 is 9.80 Å². The summed E-state index contributed by atoms with van der Waals surface area (Å²) in [6, 6.07) is 17.2. The van der Waals surface area contributed by atoms with Gasteiger partial charge in [0.2, 0.25) is 5.91 Å². The molecule has 0 aliphatic rings. The molecule has 0 unspecified atom stereocenters. The van der Waals surface area contributed by atoms with Crippen LogP contribution < -0.4 is 0 Å². The highest BCUT2D eigenvalue weighted by atomic mass is 35.5. The summed E-state index contributed by atoms with van der Waals surface area (Å²) in [7, 11) is 4.01. The lowest BCUT2D eigenvalue weighted by molar-refractivity contribution is -0.129. The van der Waals surface area contributed by atoms with Gasteiger partial charge in [0.15, 0.2) is 0 Å². The second-order valence-electron chi connectivity index (χ2n) is 6.55. The van der Waals surface area contributed by atoms with Gasteiger partial charge in [-0.15, -0.1) is 11.8 Å². The lowest BCUT2D eigenvalue weighted by Gasteiger charge is -2.24. The van der Waals surface area contributed by atoms with Crippen molar-refractivity contribution in [1.29, 1.82) is 5.26 Å². The molecule has 1 amide bonds. The molecule has 4 nitrogen and oxygen atoms in total. The van der Waals surface area contributed by atoms with Crippen molar-refractivity contribution in [2.75, 3.05) is 32.9 Å². The number of amides is 1. The van der Waals surface area contributed by atoms with Crippen molar-refractivity contribution in [3.05, 3.63) is 70.2 Å². The van der Waals surface area contributed by atoms with E-state index in [0.717, 1.165) is 23.4 Å². The molecule has 2 aromatic carbocycles. The number of likely N-dealkylation sites (N-methyl/N-ethyl adjacent to an activating group) is 1. The van der Waals surface area contributed by atoms with E-state index >= 15 is 0 Å². The highest BCUT2D eigenvalue weighted by molar-refractivity contribution is 7.99. The van der Waals surface area contributed by atoms with Gasteiger partial charge in [0.05, 0.1) is 17.4 Å².